The highest BCUT2D eigenvalue weighted by molar-refractivity contribution is 4.65. The third-order valence-electron chi connectivity index (χ3n) is 1.93. The molecule has 1 heteroatoms. The minimum atomic E-state index is 0.405. The van der Waals surface area contributed by atoms with Crippen molar-refractivity contribution in [3.8, 4) is 0 Å². The Bertz CT molecular complexity index is 76.8. The lowest BCUT2D eigenvalue weighted by molar-refractivity contribution is 0.418. The summed E-state index contributed by atoms with van der Waals surface area (Å²) in [5.41, 5.74) is 5.86. The summed E-state index contributed by atoms with van der Waals surface area (Å²) >= 11 is 0. The molecule has 0 aliphatic heterocycles. The highest BCUT2D eigenvalue weighted by atomic mass is 14.6. The van der Waals surface area contributed by atoms with Crippen molar-refractivity contribution in [2.75, 3.05) is 0 Å². The van der Waals surface area contributed by atoms with E-state index in [2.05, 4.69) is 27.7 Å². The van der Waals surface area contributed by atoms with E-state index in [-0.39, 0.29) is 0 Å². The monoisotopic (exact) mass is 143 g/mol. The lowest BCUT2D eigenvalue weighted by atomic mass is 9.96. The molecule has 62 valence electrons. The van der Waals surface area contributed by atoms with Gasteiger partial charge in [0, 0.05) is 6.04 Å². The van der Waals surface area contributed by atoms with Gasteiger partial charge >= 0.3 is 0 Å². The maximum Gasteiger partial charge on any atom is 0.00619 e. The Balaban J connectivity index is 3.30. The molecule has 0 heterocycles. The van der Waals surface area contributed by atoms with Gasteiger partial charge in [0.1, 0.15) is 0 Å². The lowest BCUT2D eigenvalue weighted by Gasteiger charge is -2.16. The second kappa shape index (κ2) is 4.73. The summed E-state index contributed by atoms with van der Waals surface area (Å²) in [5, 5.41) is 0. The molecule has 0 bridgehead atoms. The Morgan fingerprint density at radius 2 is 1.50 bits per heavy atom. The van der Waals surface area contributed by atoms with Gasteiger partial charge in [0.05, 0.1) is 0 Å². The molecule has 0 radical (unpaired) electrons. The average Bonchev–Trinajstić information content (AvgIpc) is 1.82. The fourth-order valence-corrected chi connectivity index (χ4v) is 0.859. The maximum atomic E-state index is 5.86. The third kappa shape index (κ3) is 4.80. The van der Waals surface area contributed by atoms with E-state index in [1.54, 1.807) is 0 Å². The molecule has 0 aliphatic rings. The Kier molecular flexibility index (Phi) is 4.71. The molecule has 0 amide bonds. The van der Waals surface area contributed by atoms with Crippen LogP contribution in [0, 0.1) is 11.8 Å². The second-order valence-electron chi connectivity index (χ2n) is 3.88. The van der Waals surface area contributed by atoms with Crippen molar-refractivity contribution in [2.45, 2.75) is 46.6 Å². The van der Waals surface area contributed by atoms with Crippen molar-refractivity contribution in [1.29, 1.82) is 0 Å². The van der Waals surface area contributed by atoms with Gasteiger partial charge in [-0.1, -0.05) is 27.7 Å². The van der Waals surface area contributed by atoms with E-state index in [0.717, 1.165) is 5.92 Å². The lowest BCUT2D eigenvalue weighted by Crippen LogP contribution is -2.26. The van der Waals surface area contributed by atoms with Crippen molar-refractivity contribution >= 4 is 0 Å². The van der Waals surface area contributed by atoms with Crippen molar-refractivity contribution in [3.63, 3.8) is 0 Å². The molecule has 1 atom stereocenters. The predicted molar refractivity (Wildman–Crippen MR) is 46.9 cm³/mol. The zero-order chi connectivity index (χ0) is 8.15. The molecular weight excluding hydrogens is 122 g/mol. The van der Waals surface area contributed by atoms with Gasteiger partial charge in [-0.3, -0.25) is 0 Å². The van der Waals surface area contributed by atoms with Crippen molar-refractivity contribution in [2.24, 2.45) is 17.6 Å². The smallest absolute Gasteiger partial charge is 0.00619 e. The zero-order valence-electron chi connectivity index (χ0n) is 7.72. The predicted octanol–water partition coefficient (Wildman–Crippen LogP) is 2.41. The molecule has 0 aromatic heterocycles. The van der Waals surface area contributed by atoms with Gasteiger partial charge < -0.3 is 5.73 Å². The van der Waals surface area contributed by atoms with Gasteiger partial charge in [0.2, 0.25) is 0 Å². The van der Waals surface area contributed by atoms with Gasteiger partial charge in [-0.2, -0.15) is 0 Å². The van der Waals surface area contributed by atoms with Crippen molar-refractivity contribution in [3.05, 3.63) is 0 Å². The van der Waals surface area contributed by atoms with E-state index in [1.807, 2.05) is 0 Å². The van der Waals surface area contributed by atoms with E-state index in [1.165, 1.54) is 12.8 Å². The first-order chi connectivity index (χ1) is 4.54. The maximum absolute atomic E-state index is 5.86. The first-order valence-corrected chi connectivity index (χ1v) is 4.29. The molecule has 0 aromatic carbocycles. The fourth-order valence-electron chi connectivity index (χ4n) is 0.859. The van der Waals surface area contributed by atoms with Gasteiger partial charge in [0.15, 0.2) is 0 Å². The number of hydrogen-bond acceptors (Lipinski definition) is 1. The summed E-state index contributed by atoms with van der Waals surface area (Å²) in [6.07, 6.45) is 2.44. The van der Waals surface area contributed by atoms with Crippen molar-refractivity contribution in [1.82, 2.24) is 0 Å². The van der Waals surface area contributed by atoms with Crippen LogP contribution in [0.3, 0.4) is 0 Å². The van der Waals surface area contributed by atoms with Crippen LogP contribution in [0.5, 0.6) is 0 Å². The third-order valence-corrected chi connectivity index (χ3v) is 1.93. The van der Waals surface area contributed by atoms with Gasteiger partial charge in [-0.15, -0.1) is 0 Å². The van der Waals surface area contributed by atoms with Crippen LogP contribution in [-0.2, 0) is 0 Å². The summed E-state index contributed by atoms with van der Waals surface area (Å²) in [6, 6.07) is 0.405. The molecule has 0 saturated heterocycles. The largest absolute Gasteiger partial charge is 0.327 e. The van der Waals surface area contributed by atoms with E-state index in [4.69, 9.17) is 5.73 Å². The van der Waals surface area contributed by atoms with E-state index >= 15 is 0 Å². The standard InChI is InChI=1S/C9H21N/c1-7(2)5-6-9(10)8(3)4/h7-9H,5-6,10H2,1-4H3/t9-/m1/s1. The number of hydrogen-bond donors (Lipinski definition) is 1. The number of nitrogens with two attached hydrogens (primary N) is 1. The molecule has 0 fully saturated rings. The molecule has 0 aromatic rings. The molecule has 0 unspecified atom stereocenters. The Labute approximate surface area is 65.0 Å². The average molecular weight is 143 g/mol. The summed E-state index contributed by atoms with van der Waals surface area (Å²) in [5.74, 6) is 1.43. The highest BCUT2D eigenvalue weighted by Gasteiger charge is 2.07. The van der Waals surface area contributed by atoms with Crippen LogP contribution in [0.2, 0.25) is 0 Å². The van der Waals surface area contributed by atoms with Gasteiger partial charge in [0.25, 0.3) is 0 Å². The van der Waals surface area contributed by atoms with Crippen LogP contribution in [0.25, 0.3) is 0 Å². The molecule has 0 spiro atoms. The highest BCUT2D eigenvalue weighted by Crippen LogP contribution is 2.10. The van der Waals surface area contributed by atoms with Gasteiger partial charge in [-0.05, 0) is 24.7 Å². The minimum Gasteiger partial charge on any atom is -0.327 e. The van der Waals surface area contributed by atoms with Crippen molar-refractivity contribution < 1.29 is 0 Å². The van der Waals surface area contributed by atoms with Crippen LogP contribution in [0.4, 0.5) is 0 Å². The zero-order valence-corrected chi connectivity index (χ0v) is 7.72. The van der Waals surface area contributed by atoms with Crippen LogP contribution >= 0.6 is 0 Å². The Morgan fingerprint density at radius 3 is 1.80 bits per heavy atom. The first kappa shape index (κ1) is 9.96. The topological polar surface area (TPSA) is 26.0 Å². The second-order valence-corrected chi connectivity index (χ2v) is 3.88. The summed E-state index contributed by atoms with van der Waals surface area (Å²) in [4.78, 5) is 0. The van der Waals surface area contributed by atoms with E-state index in [0.29, 0.717) is 12.0 Å². The Hall–Kier alpha value is -0.0400. The summed E-state index contributed by atoms with van der Waals surface area (Å²) in [7, 11) is 0. The van der Waals surface area contributed by atoms with Crippen LogP contribution < -0.4 is 5.73 Å². The minimum absolute atomic E-state index is 0.405. The Morgan fingerprint density at radius 1 is 1.00 bits per heavy atom. The molecule has 0 aliphatic carbocycles. The summed E-state index contributed by atoms with van der Waals surface area (Å²) in [6.45, 7) is 8.86. The van der Waals surface area contributed by atoms with Crippen LogP contribution in [-0.4, -0.2) is 6.04 Å². The number of rotatable bonds is 4. The molecule has 0 saturated carbocycles. The SMILES string of the molecule is CC(C)CC[C@@H](N)C(C)C. The fraction of sp³-hybridized carbons (Fsp3) is 1.00. The molecule has 0 rings (SSSR count). The molecule has 2 N–H and O–H groups in total. The van der Waals surface area contributed by atoms with E-state index < -0.39 is 0 Å². The molecule has 10 heavy (non-hydrogen) atoms. The summed E-state index contributed by atoms with van der Waals surface area (Å²) < 4.78 is 0. The molecule has 1 nitrogen and oxygen atoms in total. The normalized spacial score (nSPS) is 14.7. The first-order valence-electron chi connectivity index (χ1n) is 4.29. The van der Waals surface area contributed by atoms with Gasteiger partial charge in [-0.25, -0.2) is 0 Å². The van der Waals surface area contributed by atoms with E-state index in [9.17, 15) is 0 Å². The molecular formula is C9H21N. The quantitative estimate of drug-likeness (QED) is 0.642. The van der Waals surface area contributed by atoms with Crippen LogP contribution in [0.1, 0.15) is 40.5 Å². The van der Waals surface area contributed by atoms with Crippen LogP contribution in [0.15, 0.2) is 0 Å².